The summed E-state index contributed by atoms with van der Waals surface area (Å²) >= 11 is 0. The minimum Gasteiger partial charge on any atom is -0.481 e. The van der Waals surface area contributed by atoms with Crippen molar-refractivity contribution in [3.05, 3.63) is 0 Å². The second-order valence-electron chi connectivity index (χ2n) is 3.81. The van der Waals surface area contributed by atoms with Crippen molar-refractivity contribution in [1.29, 1.82) is 0 Å². The normalized spacial score (nSPS) is 12.2. The molecule has 0 rings (SSSR count). The average Bonchev–Trinajstić information content (AvgIpc) is 2.26. The quantitative estimate of drug-likeness (QED) is 0.644. The van der Waals surface area contributed by atoms with E-state index in [9.17, 15) is 9.59 Å². The lowest BCUT2D eigenvalue weighted by Crippen LogP contribution is -2.41. The average molecular weight is 230 g/mol. The Balaban J connectivity index is 3.95. The van der Waals surface area contributed by atoms with Gasteiger partial charge in [0.15, 0.2) is 0 Å². The number of nitrogens with one attached hydrogen (secondary N) is 1. The van der Waals surface area contributed by atoms with Crippen LogP contribution in [0.25, 0.3) is 0 Å². The van der Waals surface area contributed by atoms with Crippen molar-refractivity contribution in [3.63, 3.8) is 0 Å². The van der Waals surface area contributed by atoms with Crippen molar-refractivity contribution in [3.8, 4) is 0 Å². The van der Waals surface area contributed by atoms with Crippen molar-refractivity contribution in [1.82, 2.24) is 10.2 Å². The number of carboxylic acids is 1. The number of aliphatic carboxylic acids is 1. The Kier molecular flexibility index (Phi) is 7.54. The van der Waals surface area contributed by atoms with Gasteiger partial charge in [-0.05, 0) is 20.3 Å². The van der Waals surface area contributed by atoms with Crippen LogP contribution in [-0.2, 0) is 9.59 Å². The zero-order chi connectivity index (χ0) is 12.6. The standard InChI is InChI=1S/C11H22N2O3/c1-4-9(3)12-8-10(14)13(5-2)7-6-11(15)16/h9,12H,4-8H2,1-3H3,(H,15,16). The van der Waals surface area contributed by atoms with Crippen LogP contribution in [0.15, 0.2) is 0 Å². The van der Waals surface area contributed by atoms with Gasteiger partial charge in [0.1, 0.15) is 0 Å². The second-order valence-corrected chi connectivity index (χ2v) is 3.81. The predicted molar refractivity (Wildman–Crippen MR) is 62.3 cm³/mol. The summed E-state index contributed by atoms with van der Waals surface area (Å²) in [4.78, 5) is 23.6. The van der Waals surface area contributed by atoms with E-state index in [1.807, 2.05) is 20.8 Å². The van der Waals surface area contributed by atoms with Crippen molar-refractivity contribution in [2.75, 3.05) is 19.6 Å². The molecule has 0 fully saturated rings. The Labute approximate surface area is 96.8 Å². The van der Waals surface area contributed by atoms with Gasteiger partial charge in [-0.2, -0.15) is 0 Å². The number of carbonyl (C=O) groups is 2. The highest BCUT2D eigenvalue weighted by Crippen LogP contribution is 1.94. The first kappa shape index (κ1) is 14.9. The molecule has 1 unspecified atom stereocenters. The molecule has 5 nitrogen and oxygen atoms in total. The summed E-state index contributed by atoms with van der Waals surface area (Å²) in [6.45, 7) is 7.03. The Bertz CT molecular complexity index is 231. The molecular weight excluding hydrogens is 208 g/mol. The van der Waals surface area contributed by atoms with E-state index in [0.717, 1.165) is 6.42 Å². The minimum atomic E-state index is -0.874. The van der Waals surface area contributed by atoms with Crippen molar-refractivity contribution < 1.29 is 14.7 Å². The van der Waals surface area contributed by atoms with Crippen LogP contribution in [0.4, 0.5) is 0 Å². The van der Waals surface area contributed by atoms with E-state index in [0.29, 0.717) is 12.6 Å². The molecule has 0 spiro atoms. The molecule has 0 aromatic carbocycles. The van der Waals surface area contributed by atoms with Crippen LogP contribution in [0.3, 0.4) is 0 Å². The molecule has 0 heterocycles. The molecule has 16 heavy (non-hydrogen) atoms. The van der Waals surface area contributed by atoms with E-state index in [-0.39, 0.29) is 25.4 Å². The van der Waals surface area contributed by atoms with Crippen LogP contribution >= 0.6 is 0 Å². The van der Waals surface area contributed by atoms with Gasteiger partial charge in [0.2, 0.25) is 5.91 Å². The van der Waals surface area contributed by atoms with Crippen molar-refractivity contribution in [2.45, 2.75) is 39.7 Å². The van der Waals surface area contributed by atoms with E-state index in [2.05, 4.69) is 5.32 Å². The van der Waals surface area contributed by atoms with E-state index >= 15 is 0 Å². The number of amides is 1. The summed E-state index contributed by atoms with van der Waals surface area (Å²) in [6, 6.07) is 0.308. The van der Waals surface area contributed by atoms with E-state index < -0.39 is 5.97 Å². The first-order valence-electron chi connectivity index (χ1n) is 5.74. The molecule has 0 aliphatic carbocycles. The Morgan fingerprint density at radius 2 is 2.00 bits per heavy atom. The maximum atomic E-state index is 11.7. The molecule has 1 amide bonds. The molecule has 5 heteroatoms. The third-order valence-corrected chi connectivity index (χ3v) is 2.54. The van der Waals surface area contributed by atoms with Crippen LogP contribution in [0.1, 0.15) is 33.6 Å². The van der Waals surface area contributed by atoms with Crippen LogP contribution in [0, 0.1) is 0 Å². The first-order valence-corrected chi connectivity index (χ1v) is 5.74. The number of carboxylic acid groups (broad SMARTS) is 1. The molecule has 0 radical (unpaired) electrons. The van der Waals surface area contributed by atoms with Gasteiger partial charge in [0.05, 0.1) is 13.0 Å². The molecule has 0 aromatic heterocycles. The SMILES string of the molecule is CCC(C)NCC(=O)N(CC)CCC(=O)O. The maximum Gasteiger partial charge on any atom is 0.305 e. The monoisotopic (exact) mass is 230 g/mol. The smallest absolute Gasteiger partial charge is 0.305 e. The summed E-state index contributed by atoms with van der Waals surface area (Å²) in [6.07, 6.45) is 0.970. The lowest BCUT2D eigenvalue weighted by molar-refractivity contribution is -0.138. The van der Waals surface area contributed by atoms with Gasteiger partial charge >= 0.3 is 5.97 Å². The van der Waals surface area contributed by atoms with Gasteiger partial charge < -0.3 is 15.3 Å². The number of likely N-dealkylation sites (N-methyl/N-ethyl adjacent to an activating group) is 1. The summed E-state index contributed by atoms with van der Waals surface area (Å²) in [7, 11) is 0. The van der Waals surface area contributed by atoms with Gasteiger partial charge in [-0.3, -0.25) is 9.59 Å². The summed E-state index contributed by atoms with van der Waals surface area (Å²) in [5.41, 5.74) is 0. The van der Waals surface area contributed by atoms with Gasteiger partial charge in [-0.15, -0.1) is 0 Å². The highest BCUT2D eigenvalue weighted by Gasteiger charge is 2.13. The molecule has 0 aromatic rings. The Morgan fingerprint density at radius 3 is 2.44 bits per heavy atom. The summed E-state index contributed by atoms with van der Waals surface area (Å²) in [5.74, 6) is -0.912. The molecule has 0 aliphatic rings. The number of rotatable bonds is 8. The van der Waals surface area contributed by atoms with E-state index in [4.69, 9.17) is 5.11 Å². The number of hydrogen-bond donors (Lipinski definition) is 2. The van der Waals surface area contributed by atoms with Crippen LogP contribution in [0.5, 0.6) is 0 Å². The van der Waals surface area contributed by atoms with Gasteiger partial charge in [-0.1, -0.05) is 6.92 Å². The highest BCUT2D eigenvalue weighted by molar-refractivity contribution is 5.78. The van der Waals surface area contributed by atoms with Crippen LogP contribution < -0.4 is 5.32 Å². The molecule has 0 saturated heterocycles. The number of carbonyl (C=O) groups excluding carboxylic acids is 1. The largest absolute Gasteiger partial charge is 0.481 e. The second kappa shape index (κ2) is 8.10. The molecule has 1 atom stereocenters. The third-order valence-electron chi connectivity index (χ3n) is 2.54. The number of hydrogen-bond acceptors (Lipinski definition) is 3. The van der Waals surface area contributed by atoms with Crippen molar-refractivity contribution >= 4 is 11.9 Å². The molecule has 0 aliphatic heterocycles. The Morgan fingerprint density at radius 1 is 1.38 bits per heavy atom. The van der Waals surface area contributed by atoms with Crippen LogP contribution in [-0.4, -0.2) is 47.6 Å². The summed E-state index contributed by atoms with van der Waals surface area (Å²) < 4.78 is 0. The lowest BCUT2D eigenvalue weighted by atomic mass is 10.2. The predicted octanol–water partition coefficient (Wildman–Crippen LogP) is 0.698. The molecule has 0 saturated carbocycles. The fourth-order valence-electron chi connectivity index (χ4n) is 1.21. The van der Waals surface area contributed by atoms with E-state index in [1.54, 1.807) is 4.90 Å². The highest BCUT2D eigenvalue weighted by atomic mass is 16.4. The van der Waals surface area contributed by atoms with Crippen LogP contribution in [0.2, 0.25) is 0 Å². The van der Waals surface area contributed by atoms with Gasteiger partial charge in [0, 0.05) is 19.1 Å². The molecule has 0 bridgehead atoms. The maximum absolute atomic E-state index is 11.7. The fourth-order valence-corrected chi connectivity index (χ4v) is 1.21. The van der Waals surface area contributed by atoms with E-state index in [1.165, 1.54) is 0 Å². The zero-order valence-electron chi connectivity index (χ0n) is 10.3. The minimum absolute atomic E-state index is 0.00289. The molecular formula is C11H22N2O3. The zero-order valence-corrected chi connectivity index (χ0v) is 10.3. The number of nitrogens with zero attached hydrogens (tertiary/aromatic N) is 1. The summed E-state index contributed by atoms with van der Waals surface area (Å²) in [5, 5.41) is 11.6. The van der Waals surface area contributed by atoms with Gasteiger partial charge in [0.25, 0.3) is 0 Å². The van der Waals surface area contributed by atoms with Crippen molar-refractivity contribution in [2.24, 2.45) is 0 Å². The third kappa shape index (κ3) is 6.40. The van der Waals surface area contributed by atoms with Gasteiger partial charge in [-0.25, -0.2) is 0 Å². The fraction of sp³-hybridized carbons (Fsp3) is 0.818. The lowest BCUT2D eigenvalue weighted by Gasteiger charge is -2.21. The first-order chi connectivity index (χ1) is 7.51. The molecule has 94 valence electrons. The Hall–Kier alpha value is -1.10. The topological polar surface area (TPSA) is 69.6 Å². The molecule has 2 N–H and O–H groups in total.